The third kappa shape index (κ3) is 2.56. The van der Waals surface area contributed by atoms with Gasteiger partial charge in [0.05, 0.1) is 0 Å². The predicted molar refractivity (Wildman–Crippen MR) is 65.8 cm³/mol. The van der Waals surface area contributed by atoms with E-state index in [9.17, 15) is 9.59 Å². The first-order valence-electron chi connectivity index (χ1n) is 5.73. The minimum atomic E-state index is -0.612. The Kier molecular flexibility index (Phi) is 3.41. The first-order chi connectivity index (χ1) is 8.65. The quantitative estimate of drug-likeness (QED) is 0.652. The molecule has 1 aliphatic carbocycles. The zero-order valence-corrected chi connectivity index (χ0v) is 10.1. The van der Waals surface area contributed by atoms with Gasteiger partial charge in [-0.25, -0.2) is 9.78 Å². The largest absolute Gasteiger partial charge is 0.413 e. The van der Waals surface area contributed by atoms with Crippen molar-refractivity contribution >= 4 is 11.9 Å². The summed E-state index contributed by atoms with van der Waals surface area (Å²) in [5.41, 5.74) is 1.23. The molecule has 5 nitrogen and oxygen atoms in total. The monoisotopic (exact) mass is 246 g/mol. The molecule has 0 spiro atoms. The van der Waals surface area contributed by atoms with Crippen LogP contribution in [-0.4, -0.2) is 23.9 Å². The van der Waals surface area contributed by atoms with Crippen molar-refractivity contribution in [2.45, 2.75) is 18.8 Å². The van der Waals surface area contributed by atoms with Crippen LogP contribution in [0.15, 0.2) is 24.8 Å². The average molecular weight is 246 g/mol. The Bertz CT molecular complexity index is 507. The minimum Gasteiger partial charge on any atom is -0.391 e. The Morgan fingerprint density at radius 3 is 2.78 bits per heavy atom. The van der Waals surface area contributed by atoms with E-state index in [1.54, 1.807) is 12.1 Å². The van der Waals surface area contributed by atoms with Gasteiger partial charge in [-0.1, -0.05) is 12.6 Å². The lowest BCUT2D eigenvalue weighted by Crippen LogP contribution is -2.23. The van der Waals surface area contributed by atoms with E-state index in [2.05, 4.69) is 16.9 Å². The summed E-state index contributed by atoms with van der Waals surface area (Å²) in [6.07, 6.45) is 2.74. The van der Waals surface area contributed by atoms with Crippen molar-refractivity contribution < 1.29 is 14.3 Å². The van der Waals surface area contributed by atoms with E-state index in [1.807, 2.05) is 0 Å². The molecule has 1 amide bonds. The predicted octanol–water partition coefficient (Wildman–Crippen LogP) is 2.05. The van der Waals surface area contributed by atoms with Gasteiger partial charge < -0.3 is 10.1 Å². The highest BCUT2D eigenvalue weighted by Crippen LogP contribution is 2.41. The number of hydrogen-bond donors (Lipinski definition) is 1. The topological polar surface area (TPSA) is 68.3 Å². The molecular weight excluding hydrogens is 232 g/mol. The first-order valence-corrected chi connectivity index (χ1v) is 5.73. The fourth-order valence-corrected chi connectivity index (χ4v) is 1.67. The summed E-state index contributed by atoms with van der Waals surface area (Å²) in [7, 11) is 1.46. The lowest BCUT2D eigenvalue weighted by molar-refractivity contribution is 0.104. The molecule has 0 bridgehead atoms. The smallest absolute Gasteiger partial charge is 0.391 e. The maximum absolute atomic E-state index is 11.7. The molecule has 1 aromatic heterocycles. The molecule has 1 heterocycles. The zero-order valence-electron chi connectivity index (χ0n) is 10.1. The van der Waals surface area contributed by atoms with E-state index in [4.69, 9.17) is 4.74 Å². The molecule has 5 heteroatoms. The molecule has 1 aromatic rings. The molecule has 0 unspecified atom stereocenters. The van der Waals surface area contributed by atoms with Crippen molar-refractivity contribution in [1.82, 2.24) is 10.3 Å². The molecule has 0 atom stereocenters. The fraction of sp³-hybridized carbons (Fsp3) is 0.308. The Balaban J connectivity index is 2.32. The van der Waals surface area contributed by atoms with Crippen LogP contribution in [0.5, 0.6) is 5.88 Å². The van der Waals surface area contributed by atoms with Crippen LogP contribution in [0.1, 0.15) is 34.8 Å². The number of pyridine rings is 1. The zero-order chi connectivity index (χ0) is 13.1. The maximum Gasteiger partial charge on any atom is 0.413 e. The summed E-state index contributed by atoms with van der Waals surface area (Å²) >= 11 is 0. The Morgan fingerprint density at radius 2 is 2.22 bits per heavy atom. The Hall–Kier alpha value is -2.17. The molecule has 0 aromatic carbocycles. The third-order valence-corrected chi connectivity index (χ3v) is 2.74. The number of ether oxygens (including phenoxy) is 1. The average Bonchev–Trinajstić information content (AvgIpc) is 3.22. The number of rotatable bonds is 4. The Morgan fingerprint density at radius 1 is 1.50 bits per heavy atom. The normalized spacial score (nSPS) is 13.8. The number of aromatic nitrogens is 1. The van der Waals surface area contributed by atoms with Crippen LogP contribution in [0.2, 0.25) is 0 Å². The molecule has 2 rings (SSSR count). The van der Waals surface area contributed by atoms with Gasteiger partial charge in [-0.3, -0.25) is 4.79 Å². The van der Waals surface area contributed by atoms with Crippen molar-refractivity contribution in [2.75, 3.05) is 7.05 Å². The van der Waals surface area contributed by atoms with Gasteiger partial charge in [0, 0.05) is 13.1 Å². The summed E-state index contributed by atoms with van der Waals surface area (Å²) in [6.45, 7) is 3.45. The van der Waals surface area contributed by atoms with Crippen LogP contribution in [0, 0.1) is 0 Å². The van der Waals surface area contributed by atoms with Gasteiger partial charge in [-0.15, -0.1) is 0 Å². The van der Waals surface area contributed by atoms with Crippen molar-refractivity contribution in [3.8, 4) is 5.88 Å². The summed E-state index contributed by atoms with van der Waals surface area (Å²) < 4.78 is 4.91. The van der Waals surface area contributed by atoms with E-state index in [0.717, 1.165) is 18.4 Å². The maximum atomic E-state index is 11.7. The minimum absolute atomic E-state index is 0.115. The molecule has 18 heavy (non-hydrogen) atoms. The lowest BCUT2D eigenvalue weighted by Gasteiger charge is -2.08. The number of allylic oxidation sites excluding steroid dienone is 1. The number of ketones is 1. The summed E-state index contributed by atoms with van der Waals surface area (Å²) in [5.74, 6) is 0.258. The van der Waals surface area contributed by atoms with Crippen LogP contribution in [0.4, 0.5) is 4.79 Å². The highest BCUT2D eigenvalue weighted by atomic mass is 16.6. The van der Waals surface area contributed by atoms with E-state index in [0.29, 0.717) is 11.6 Å². The van der Waals surface area contributed by atoms with Crippen LogP contribution in [-0.2, 0) is 0 Å². The van der Waals surface area contributed by atoms with E-state index < -0.39 is 6.09 Å². The number of nitrogens with one attached hydrogen (secondary N) is 1. The molecular formula is C13H14N2O3. The van der Waals surface area contributed by atoms with Gasteiger partial charge in [-0.05, 0) is 30.4 Å². The Labute approximate surface area is 105 Å². The fourth-order valence-electron chi connectivity index (χ4n) is 1.67. The molecule has 0 radical (unpaired) electrons. The second-order valence-electron chi connectivity index (χ2n) is 4.07. The van der Waals surface area contributed by atoms with Crippen molar-refractivity contribution in [3.63, 3.8) is 0 Å². The number of carbonyl (C=O) groups excluding carboxylic acids is 2. The summed E-state index contributed by atoms with van der Waals surface area (Å²) in [4.78, 5) is 26.9. The molecule has 0 saturated heterocycles. The molecule has 0 aliphatic heterocycles. The summed E-state index contributed by atoms with van der Waals surface area (Å²) in [5, 5.41) is 2.32. The van der Waals surface area contributed by atoms with Gasteiger partial charge in [0.25, 0.3) is 0 Å². The second kappa shape index (κ2) is 5.00. The van der Waals surface area contributed by atoms with Gasteiger partial charge >= 0.3 is 6.09 Å². The van der Waals surface area contributed by atoms with Crippen molar-refractivity contribution in [2.24, 2.45) is 0 Å². The van der Waals surface area contributed by atoms with Crippen LogP contribution < -0.4 is 10.1 Å². The molecule has 1 fully saturated rings. The highest BCUT2D eigenvalue weighted by Gasteiger charge is 2.28. The third-order valence-electron chi connectivity index (χ3n) is 2.74. The van der Waals surface area contributed by atoms with Crippen LogP contribution >= 0.6 is 0 Å². The molecule has 1 aliphatic rings. The summed E-state index contributed by atoms with van der Waals surface area (Å²) in [6, 6.07) is 3.39. The SMILES string of the molecule is C=CC(=O)c1nc(OC(=O)NC)ccc1C1CC1. The second-order valence-corrected chi connectivity index (χ2v) is 4.07. The van der Waals surface area contributed by atoms with Gasteiger partial charge in [0.2, 0.25) is 11.7 Å². The number of amides is 1. The van der Waals surface area contributed by atoms with Crippen LogP contribution in [0.25, 0.3) is 0 Å². The molecule has 94 valence electrons. The van der Waals surface area contributed by atoms with E-state index >= 15 is 0 Å². The lowest BCUT2D eigenvalue weighted by atomic mass is 10.1. The number of carbonyl (C=O) groups is 2. The molecule has 1 N–H and O–H groups in total. The highest BCUT2D eigenvalue weighted by molar-refractivity contribution is 6.04. The van der Waals surface area contributed by atoms with E-state index in [1.165, 1.54) is 13.1 Å². The number of nitrogens with zero attached hydrogens (tertiary/aromatic N) is 1. The standard InChI is InChI=1S/C13H14N2O3/c1-3-10(16)12-9(8-4-5-8)6-7-11(15-12)18-13(17)14-2/h3,6-8H,1,4-5H2,2H3,(H,14,17). The van der Waals surface area contributed by atoms with Crippen molar-refractivity contribution in [3.05, 3.63) is 36.0 Å². The van der Waals surface area contributed by atoms with E-state index in [-0.39, 0.29) is 11.7 Å². The van der Waals surface area contributed by atoms with Gasteiger partial charge in [0.1, 0.15) is 5.69 Å². The molecule has 1 saturated carbocycles. The van der Waals surface area contributed by atoms with Gasteiger partial charge in [0.15, 0.2) is 0 Å². The van der Waals surface area contributed by atoms with Crippen LogP contribution in [0.3, 0.4) is 0 Å². The number of hydrogen-bond acceptors (Lipinski definition) is 4. The first kappa shape index (κ1) is 12.3. The van der Waals surface area contributed by atoms with Gasteiger partial charge in [-0.2, -0.15) is 0 Å². The van der Waals surface area contributed by atoms with Crippen molar-refractivity contribution in [1.29, 1.82) is 0 Å².